The summed E-state index contributed by atoms with van der Waals surface area (Å²) in [5.41, 5.74) is 0.584. The smallest absolute Gasteiger partial charge is 0.251 e. The van der Waals surface area contributed by atoms with Crippen molar-refractivity contribution >= 4 is 17.7 Å². The maximum Gasteiger partial charge on any atom is 0.251 e. The van der Waals surface area contributed by atoms with Gasteiger partial charge in [0.15, 0.2) is 0 Å². The maximum absolute atomic E-state index is 11.9. The largest absolute Gasteiger partial charge is 0.351 e. The molecule has 0 aliphatic heterocycles. The number of aromatic nitrogens is 4. The summed E-state index contributed by atoms with van der Waals surface area (Å²) < 4.78 is 1.66. The summed E-state index contributed by atoms with van der Waals surface area (Å²) >= 11 is 1.80. The van der Waals surface area contributed by atoms with Crippen LogP contribution < -0.4 is 5.32 Å². The van der Waals surface area contributed by atoms with E-state index in [9.17, 15) is 4.79 Å². The molecule has 2 aromatic rings. The van der Waals surface area contributed by atoms with Crippen molar-refractivity contribution in [3.8, 4) is 5.82 Å². The van der Waals surface area contributed by atoms with E-state index < -0.39 is 0 Å². The Kier molecular flexibility index (Phi) is 4.91. The lowest BCUT2D eigenvalue weighted by molar-refractivity contribution is 0.0956. The Bertz CT molecular complexity index is 529. The summed E-state index contributed by atoms with van der Waals surface area (Å²) in [4.78, 5) is 16.1. The van der Waals surface area contributed by atoms with Crippen LogP contribution in [-0.4, -0.2) is 43.7 Å². The van der Waals surface area contributed by atoms with Crippen LogP contribution in [0.3, 0.4) is 0 Å². The topological polar surface area (TPSA) is 72.7 Å². The number of amides is 1. The lowest BCUT2D eigenvalue weighted by Crippen LogP contribution is -2.26. The highest BCUT2D eigenvalue weighted by atomic mass is 32.2. The van der Waals surface area contributed by atoms with Crippen LogP contribution in [0.4, 0.5) is 0 Å². The van der Waals surface area contributed by atoms with E-state index in [1.807, 2.05) is 0 Å². The Morgan fingerprint density at radius 1 is 1.42 bits per heavy atom. The molecule has 0 bridgehead atoms. The van der Waals surface area contributed by atoms with Crippen molar-refractivity contribution in [2.45, 2.75) is 6.92 Å². The zero-order chi connectivity index (χ0) is 13.5. The second-order valence-corrected chi connectivity index (χ2v) is 5.12. The molecule has 2 aromatic heterocycles. The maximum atomic E-state index is 11.9. The Morgan fingerprint density at radius 2 is 2.21 bits per heavy atom. The third-order valence-electron chi connectivity index (χ3n) is 2.43. The highest BCUT2D eigenvalue weighted by molar-refractivity contribution is 7.99. The first-order valence-corrected chi connectivity index (χ1v) is 7.13. The van der Waals surface area contributed by atoms with E-state index in [0.717, 1.165) is 11.5 Å². The van der Waals surface area contributed by atoms with Crippen LogP contribution in [0.25, 0.3) is 5.82 Å². The molecular formula is C12H15N5OS. The van der Waals surface area contributed by atoms with E-state index in [-0.39, 0.29) is 5.91 Å². The molecule has 0 radical (unpaired) electrons. The summed E-state index contributed by atoms with van der Waals surface area (Å²) in [6.45, 7) is 2.77. The van der Waals surface area contributed by atoms with Gasteiger partial charge in [-0.05, 0) is 17.9 Å². The fourth-order valence-electron chi connectivity index (χ4n) is 1.50. The number of thioether (sulfide) groups is 1. The summed E-state index contributed by atoms with van der Waals surface area (Å²) in [5.74, 6) is 2.52. The molecule has 2 rings (SSSR count). The molecule has 6 nitrogen and oxygen atoms in total. The molecule has 0 aliphatic carbocycles. The van der Waals surface area contributed by atoms with E-state index >= 15 is 0 Å². The van der Waals surface area contributed by atoms with Gasteiger partial charge in [0.2, 0.25) is 0 Å². The van der Waals surface area contributed by atoms with Gasteiger partial charge in [0.25, 0.3) is 5.91 Å². The number of carbonyl (C=O) groups excluding carboxylic acids is 1. The molecular weight excluding hydrogens is 262 g/mol. The van der Waals surface area contributed by atoms with Crippen molar-refractivity contribution in [1.82, 2.24) is 25.1 Å². The molecule has 1 amide bonds. The summed E-state index contributed by atoms with van der Waals surface area (Å²) in [6, 6.07) is 3.40. The minimum Gasteiger partial charge on any atom is -0.351 e. The van der Waals surface area contributed by atoms with Crippen LogP contribution in [0, 0.1) is 0 Å². The number of hydrogen-bond acceptors (Lipinski definition) is 5. The third kappa shape index (κ3) is 3.78. The quantitative estimate of drug-likeness (QED) is 0.802. The molecule has 2 heterocycles. The fourth-order valence-corrected chi connectivity index (χ4v) is 2.04. The molecule has 0 unspecified atom stereocenters. The predicted molar refractivity (Wildman–Crippen MR) is 74.5 cm³/mol. The number of pyridine rings is 1. The van der Waals surface area contributed by atoms with Crippen molar-refractivity contribution in [2.24, 2.45) is 0 Å². The van der Waals surface area contributed by atoms with E-state index in [1.165, 1.54) is 0 Å². The fraction of sp³-hybridized carbons (Fsp3) is 0.333. The van der Waals surface area contributed by atoms with Crippen molar-refractivity contribution in [3.05, 3.63) is 36.5 Å². The molecule has 19 heavy (non-hydrogen) atoms. The van der Waals surface area contributed by atoms with E-state index in [2.05, 4.69) is 27.4 Å². The average Bonchev–Trinajstić information content (AvgIpc) is 2.98. The third-order valence-corrected chi connectivity index (χ3v) is 3.33. The van der Waals surface area contributed by atoms with E-state index in [1.54, 1.807) is 47.3 Å². The monoisotopic (exact) mass is 277 g/mol. The normalized spacial score (nSPS) is 10.4. The highest BCUT2D eigenvalue weighted by Gasteiger charge is 2.07. The van der Waals surface area contributed by atoms with Gasteiger partial charge in [-0.1, -0.05) is 6.92 Å². The first-order valence-electron chi connectivity index (χ1n) is 5.98. The predicted octanol–water partition coefficient (Wildman–Crippen LogP) is 1.15. The van der Waals surface area contributed by atoms with E-state index in [4.69, 9.17) is 0 Å². The molecule has 100 valence electrons. The Labute approximate surface area is 115 Å². The minimum absolute atomic E-state index is 0.0894. The summed E-state index contributed by atoms with van der Waals surface area (Å²) in [5, 5.41) is 10.3. The van der Waals surface area contributed by atoms with Crippen LogP contribution >= 0.6 is 11.8 Å². The molecule has 1 N–H and O–H groups in total. The summed E-state index contributed by atoms with van der Waals surface area (Å²) in [7, 11) is 0. The van der Waals surface area contributed by atoms with Crippen LogP contribution in [0.1, 0.15) is 17.3 Å². The molecule has 0 aliphatic rings. The lowest BCUT2D eigenvalue weighted by atomic mass is 10.2. The number of rotatable bonds is 6. The van der Waals surface area contributed by atoms with Gasteiger partial charge in [-0.25, -0.2) is 4.98 Å². The number of nitrogens with one attached hydrogen (secondary N) is 1. The molecule has 0 spiro atoms. The van der Waals surface area contributed by atoms with Gasteiger partial charge < -0.3 is 5.32 Å². The second-order valence-electron chi connectivity index (χ2n) is 3.72. The van der Waals surface area contributed by atoms with Crippen LogP contribution in [0.5, 0.6) is 0 Å². The molecule has 0 atom stereocenters. The van der Waals surface area contributed by atoms with E-state index in [0.29, 0.717) is 17.9 Å². The van der Waals surface area contributed by atoms with Crippen LogP contribution in [-0.2, 0) is 0 Å². The first-order chi connectivity index (χ1) is 9.31. The minimum atomic E-state index is -0.0894. The number of hydrogen-bond donors (Lipinski definition) is 1. The Balaban J connectivity index is 2.00. The molecule has 0 saturated heterocycles. The number of carbonyl (C=O) groups is 1. The highest BCUT2D eigenvalue weighted by Crippen LogP contribution is 2.06. The molecule has 0 fully saturated rings. The molecule has 0 aromatic carbocycles. The van der Waals surface area contributed by atoms with Crippen molar-refractivity contribution in [2.75, 3.05) is 18.1 Å². The van der Waals surface area contributed by atoms with Crippen molar-refractivity contribution < 1.29 is 4.79 Å². The first kappa shape index (κ1) is 13.5. The van der Waals surface area contributed by atoms with Gasteiger partial charge in [-0.2, -0.15) is 11.8 Å². The van der Waals surface area contributed by atoms with Crippen LogP contribution in [0.15, 0.2) is 31.0 Å². The molecule has 0 saturated carbocycles. The molecule has 7 heteroatoms. The zero-order valence-electron chi connectivity index (χ0n) is 10.6. The Morgan fingerprint density at radius 3 is 2.95 bits per heavy atom. The van der Waals surface area contributed by atoms with Gasteiger partial charge in [0.05, 0.1) is 0 Å². The summed E-state index contributed by atoms with van der Waals surface area (Å²) in [6.07, 6.45) is 4.69. The Hall–Kier alpha value is -1.89. The van der Waals surface area contributed by atoms with Crippen LogP contribution in [0.2, 0.25) is 0 Å². The SMILES string of the molecule is CCSCCNC(=O)c1ccnc(-n2cnnc2)c1. The van der Waals surface area contributed by atoms with Gasteiger partial charge in [0, 0.05) is 24.1 Å². The lowest BCUT2D eigenvalue weighted by Gasteiger charge is -2.06. The van der Waals surface area contributed by atoms with Crippen molar-refractivity contribution in [1.29, 1.82) is 0 Å². The van der Waals surface area contributed by atoms with Crippen molar-refractivity contribution in [3.63, 3.8) is 0 Å². The van der Waals surface area contributed by atoms with Gasteiger partial charge in [0.1, 0.15) is 18.5 Å². The van der Waals surface area contributed by atoms with Gasteiger partial charge >= 0.3 is 0 Å². The average molecular weight is 277 g/mol. The number of nitrogens with zero attached hydrogens (tertiary/aromatic N) is 4. The standard InChI is InChI=1S/C12H15N5OS/c1-2-19-6-5-14-12(18)10-3-4-13-11(7-10)17-8-15-16-9-17/h3-4,7-9H,2,5-6H2,1H3,(H,14,18). The second kappa shape index (κ2) is 6.89. The zero-order valence-corrected chi connectivity index (χ0v) is 11.4. The van der Waals surface area contributed by atoms with Gasteiger partial charge in [-0.3, -0.25) is 9.36 Å². The van der Waals surface area contributed by atoms with Gasteiger partial charge in [-0.15, -0.1) is 10.2 Å².